The van der Waals surface area contributed by atoms with Crippen LogP contribution in [0.1, 0.15) is 21.7 Å². The lowest BCUT2D eigenvalue weighted by Gasteiger charge is -2.13. The number of anilines is 2. The lowest BCUT2D eigenvalue weighted by atomic mass is 10.2. The maximum absolute atomic E-state index is 12.8. The summed E-state index contributed by atoms with van der Waals surface area (Å²) in [6.07, 6.45) is 1.53. The fraction of sp³-hybridized carbons (Fsp3) is 0.176. The number of benzene rings is 1. The van der Waals surface area contributed by atoms with Gasteiger partial charge in [-0.3, -0.25) is 9.48 Å². The zero-order valence-electron chi connectivity index (χ0n) is 14.0. The summed E-state index contributed by atoms with van der Waals surface area (Å²) in [5.74, 6) is 0.373. The van der Waals surface area contributed by atoms with Gasteiger partial charge >= 0.3 is 0 Å². The number of carbonyl (C=O) groups is 1. The number of nitrogens with two attached hydrogens (primary N) is 1. The van der Waals surface area contributed by atoms with Crippen LogP contribution in [0.2, 0.25) is 10.0 Å². The van der Waals surface area contributed by atoms with Gasteiger partial charge in [-0.2, -0.15) is 5.10 Å². The molecule has 3 rings (SSSR count). The summed E-state index contributed by atoms with van der Waals surface area (Å²) in [6.45, 7) is 3.95. The van der Waals surface area contributed by atoms with Gasteiger partial charge in [-0.15, -0.1) is 0 Å². The summed E-state index contributed by atoms with van der Waals surface area (Å²) < 4.78 is 3.64. The van der Waals surface area contributed by atoms with E-state index in [4.69, 9.17) is 28.9 Å². The Kier molecular flexibility index (Phi) is 4.49. The number of aryl methyl sites for hydroxylation is 3. The summed E-state index contributed by atoms with van der Waals surface area (Å²) in [4.78, 5) is 12.8. The summed E-state index contributed by atoms with van der Waals surface area (Å²) >= 11 is 12.1. The van der Waals surface area contributed by atoms with Crippen LogP contribution in [0.15, 0.2) is 30.5 Å². The molecule has 0 aliphatic rings. The molecule has 2 heterocycles. The second kappa shape index (κ2) is 6.46. The Morgan fingerprint density at radius 1 is 1.16 bits per heavy atom. The highest BCUT2D eigenvalue weighted by Gasteiger charge is 2.20. The van der Waals surface area contributed by atoms with E-state index in [0.29, 0.717) is 17.1 Å². The molecule has 0 atom stereocenters. The molecule has 0 aliphatic carbocycles. The maximum Gasteiger partial charge on any atom is 0.261 e. The van der Waals surface area contributed by atoms with E-state index in [9.17, 15) is 4.79 Å². The van der Waals surface area contributed by atoms with Crippen LogP contribution < -0.4 is 11.1 Å². The van der Waals surface area contributed by atoms with E-state index in [1.807, 2.05) is 30.5 Å². The van der Waals surface area contributed by atoms with Crippen LogP contribution in [0.3, 0.4) is 0 Å². The molecule has 2 aromatic heterocycles. The Bertz CT molecular complexity index is 931. The van der Waals surface area contributed by atoms with Crippen LogP contribution in [-0.2, 0) is 7.05 Å². The van der Waals surface area contributed by atoms with Crippen molar-refractivity contribution in [3.63, 3.8) is 0 Å². The molecule has 0 radical (unpaired) electrons. The van der Waals surface area contributed by atoms with Crippen LogP contribution in [0, 0.1) is 13.8 Å². The van der Waals surface area contributed by atoms with E-state index in [0.717, 1.165) is 11.4 Å². The SMILES string of the molecule is Cc1ccc(C)n1-c1c(C(=O)Nc2cc(Cl)c(N)c(Cl)c2)cnn1C. The molecule has 0 unspecified atom stereocenters. The molecule has 1 amide bonds. The van der Waals surface area contributed by atoms with Gasteiger partial charge in [0.1, 0.15) is 11.4 Å². The lowest BCUT2D eigenvalue weighted by Crippen LogP contribution is -2.16. The number of amides is 1. The van der Waals surface area contributed by atoms with E-state index in [1.54, 1.807) is 23.9 Å². The van der Waals surface area contributed by atoms with Gasteiger partial charge in [0, 0.05) is 24.1 Å². The predicted octanol–water partition coefficient (Wildman–Crippen LogP) is 3.97. The Labute approximate surface area is 155 Å². The summed E-state index contributed by atoms with van der Waals surface area (Å²) in [7, 11) is 1.79. The molecule has 1 aromatic carbocycles. The maximum atomic E-state index is 12.8. The van der Waals surface area contributed by atoms with Gasteiger partial charge in [0.05, 0.1) is 21.9 Å². The number of aromatic nitrogens is 3. The number of carbonyl (C=O) groups excluding carboxylic acids is 1. The van der Waals surface area contributed by atoms with Gasteiger partial charge in [-0.05, 0) is 38.1 Å². The number of nitrogens with one attached hydrogen (secondary N) is 1. The number of nitrogen functional groups attached to an aromatic ring is 1. The number of hydrogen-bond donors (Lipinski definition) is 2. The molecule has 25 heavy (non-hydrogen) atoms. The molecule has 8 heteroatoms. The number of rotatable bonds is 3. The first-order chi connectivity index (χ1) is 11.8. The van der Waals surface area contributed by atoms with E-state index < -0.39 is 0 Å². The van der Waals surface area contributed by atoms with Crippen molar-refractivity contribution >= 4 is 40.5 Å². The van der Waals surface area contributed by atoms with Crippen LogP contribution in [-0.4, -0.2) is 20.3 Å². The third kappa shape index (κ3) is 3.10. The summed E-state index contributed by atoms with van der Waals surface area (Å²) in [5.41, 5.74) is 8.92. The first-order valence-corrected chi connectivity index (χ1v) is 8.28. The molecular weight excluding hydrogens is 361 g/mol. The zero-order chi connectivity index (χ0) is 18.3. The van der Waals surface area contributed by atoms with E-state index >= 15 is 0 Å². The molecule has 0 saturated heterocycles. The standard InChI is InChI=1S/C17H17Cl2N5O/c1-9-4-5-10(2)24(9)17-12(8-21-23(17)3)16(25)22-11-6-13(18)15(20)14(19)7-11/h4-8H,20H2,1-3H3,(H,22,25). The highest BCUT2D eigenvalue weighted by Crippen LogP contribution is 2.31. The van der Waals surface area contributed by atoms with Gasteiger partial charge < -0.3 is 15.6 Å². The van der Waals surface area contributed by atoms with Gasteiger partial charge in [-0.1, -0.05) is 23.2 Å². The average molecular weight is 378 g/mol. The molecular formula is C17H17Cl2N5O. The molecule has 0 bridgehead atoms. The van der Waals surface area contributed by atoms with Crippen LogP contribution in [0.5, 0.6) is 0 Å². The zero-order valence-corrected chi connectivity index (χ0v) is 15.5. The van der Waals surface area contributed by atoms with Crippen molar-refractivity contribution in [2.24, 2.45) is 7.05 Å². The minimum absolute atomic E-state index is 0.280. The quantitative estimate of drug-likeness (QED) is 0.677. The van der Waals surface area contributed by atoms with Crippen molar-refractivity contribution in [3.8, 4) is 5.82 Å². The van der Waals surface area contributed by atoms with E-state index in [-0.39, 0.29) is 21.6 Å². The van der Waals surface area contributed by atoms with Gasteiger partial charge in [-0.25, -0.2) is 0 Å². The normalized spacial score (nSPS) is 10.9. The fourth-order valence-corrected chi connectivity index (χ4v) is 3.20. The number of nitrogens with zero attached hydrogens (tertiary/aromatic N) is 3. The fourth-order valence-electron chi connectivity index (χ4n) is 2.71. The van der Waals surface area contributed by atoms with Crippen molar-refractivity contribution in [1.29, 1.82) is 0 Å². The van der Waals surface area contributed by atoms with E-state index in [1.165, 1.54) is 6.20 Å². The highest BCUT2D eigenvalue weighted by molar-refractivity contribution is 6.39. The molecule has 3 N–H and O–H groups in total. The third-order valence-corrected chi connectivity index (χ3v) is 4.60. The van der Waals surface area contributed by atoms with Crippen molar-refractivity contribution in [3.05, 3.63) is 57.5 Å². The lowest BCUT2D eigenvalue weighted by molar-refractivity contribution is 0.102. The first-order valence-electron chi connectivity index (χ1n) is 7.52. The summed E-state index contributed by atoms with van der Waals surface area (Å²) in [5, 5.41) is 7.59. The molecule has 0 spiro atoms. The van der Waals surface area contributed by atoms with Crippen LogP contribution >= 0.6 is 23.2 Å². The minimum atomic E-state index is -0.312. The van der Waals surface area contributed by atoms with E-state index in [2.05, 4.69) is 10.4 Å². The Morgan fingerprint density at radius 2 is 1.72 bits per heavy atom. The molecule has 6 nitrogen and oxygen atoms in total. The van der Waals surface area contributed by atoms with Gasteiger partial charge in [0.25, 0.3) is 5.91 Å². The Morgan fingerprint density at radius 3 is 2.28 bits per heavy atom. The first kappa shape index (κ1) is 17.4. The Hall–Kier alpha value is -2.44. The van der Waals surface area contributed by atoms with Crippen molar-refractivity contribution < 1.29 is 4.79 Å². The minimum Gasteiger partial charge on any atom is -0.396 e. The largest absolute Gasteiger partial charge is 0.396 e. The molecule has 0 saturated carbocycles. The monoisotopic (exact) mass is 377 g/mol. The molecule has 0 aliphatic heterocycles. The van der Waals surface area contributed by atoms with Crippen molar-refractivity contribution in [2.75, 3.05) is 11.1 Å². The third-order valence-electron chi connectivity index (χ3n) is 3.97. The second-order valence-electron chi connectivity index (χ2n) is 5.76. The average Bonchev–Trinajstić information content (AvgIpc) is 3.07. The van der Waals surface area contributed by atoms with Crippen molar-refractivity contribution in [2.45, 2.75) is 13.8 Å². The van der Waals surface area contributed by atoms with Crippen LogP contribution in [0.4, 0.5) is 11.4 Å². The molecule has 130 valence electrons. The topological polar surface area (TPSA) is 77.9 Å². The number of halogens is 2. The Balaban J connectivity index is 2.00. The highest BCUT2D eigenvalue weighted by atomic mass is 35.5. The molecule has 3 aromatic rings. The van der Waals surface area contributed by atoms with Crippen LogP contribution in [0.25, 0.3) is 5.82 Å². The smallest absolute Gasteiger partial charge is 0.261 e. The second-order valence-corrected chi connectivity index (χ2v) is 6.58. The summed E-state index contributed by atoms with van der Waals surface area (Å²) in [6, 6.07) is 7.10. The predicted molar refractivity (Wildman–Crippen MR) is 101 cm³/mol. The number of hydrogen-bond acceptors (Lipinski definition) is 3. The van der Waals surface area contributed by atoms with Gasteiger partial charge in [0.15, 0.2) is 0 Å². The van der Waals surface area contributed by atoms with Crippen molar-refractivity contribution in [1.82, 2.24) is 14.3 Å². The van der Waals surface area contributed by atoms with Gasteiger partial charge in [0.2, 0.25) is 0 Å². The molecule has 0 fully saturated rings.